The highest BCUT2D eigenvalue weighted by atomic mass is 32.2. The number of nitrogens with one attached hydrogen (secondary N) is 2. The molecule has 4 atom stereocenters. The molecule has 216 valence electrons. The van der Waals surface area contributed by atoms with E-state index < -0.39 is 6.10 Å². The van der Waals surface area contributed by atoms with Gasteiger partial charge in [0.1, 0.15) is 5.82 Å². The van der Waals surface area contributed by atoms with Crippen molar-refractivity contribution < 1.29 is 14.3 Å². The number of hydrogen-bond donors (Lipinski definition) is 4. The standard InChI is InChI=1S/C21H25FN2OS.C11H17NOS/c1-14(25)21-11-18(23-12-19-10-20(26)13-24-19)9-6-16(21)5-2-15-3-7-17(22)8-4-15;1-9(6-8-14-2)11(13)10-5-3-4-7-12-10/h3-4,6-9,11,19-20,23-24,26H,2,5,10,12-13H2,1H3;3-5,7,9,11,13H,6,8H2,1-2H3. The maximum Gasteiger partial charge on any atom is 0.160 e. The molecule has 4 unspecified atom stereocenters. The lowest BCUT2D eigenvalue weighted by Crippen LogP contribution is -2.29. The Kier molecular flexibility index (Phi) is 13.5. The van der Waals surface area contributed by atoms with E-state index in [1.165, 1.54) is 12.1 Å². The maximum absolute atomic E-state index is 13.0. The van der Waals surface area contributed by atoms with E-state index in [4.69, 9.17) is 0 Å². The molecule has 1 fully saturated rings. The molecule has 1 aromatic heterocycles. The summed E-state index contributed by atoms with van der Waals surface area (Å²) in [5.41, 5.74) is 4.59. The van der Waals surface area contributed by atoms with Gasteiger partial charge in [0.25, 0.3) is 0 Å². The first kappa shape index (κ1) is 32.1. The zero-order valence-electron chi connectivity index (χ0n) is 23.6. The molecule has 3 N–H and O–H groups in total. The van der Waals surface area contributed by atoms with Crippen molar-refractivity contribution in [3.8, 4) is 0 Å². The molecule has 0 bridgehead atoms. The van der Waals surface area contributed by atoms with E-state index in [2.05, 4.69) is 41.4 Å². The number of aliphatic hydroxyl groups excluding tert-OH is 1. The third-order valence-electron chi connectivity index (χ3n) is 7.14. The second kappa shape index (κ2) is 16.8. The molecule has 1 aliphatic rings. The van der Waals surface area contributed by atoms with Crippen LogP contribution in [0, 0.1) is 11.7 Å². The van der Waals surface area contributed by atoms with E-state index in [0.717, 1.165) is 72.6 Å². The Bertz CT molecular complexity index is 1180. The molecule has 40 heavy (non-hydrogen) atoms. The van der Waals surface area contributed by atoms with Gasteiger partial charge in [-0.3, -0.25) is 9.78 Å². The van der Waals surface area contributed by atoms with Gasteiger partial charge in [0, 0.05) is 41.8 Å². The lowest BCUT2D eigenvalue weighted by atomic mass is 9.97. The number of rotatable bonds is 12. The summed E-state index contributed by atoms with van der Waals surface area (Å²) >= 11 is 6.30. The third kappa shape index (κ3) is 10.5. The van der Waals surface area contributed by atoms with Crippen LogP contribution in [0.2, 0.25) is 0 Å². The van der Waals surface area contributed by atoms with Crippen LogP contribution >= 0.6 is 24.4 Å². The van der Waals surface area contributed by atoms with Crippen LogP contribution in [0.3, 0.4) is 0 Å². The Labute approximate surface area is 248 Å². The summed E-state index contributed by atoms with van der Waals surface area (Å²) in [5.74, 6) is 1.20. The minimum atomic E-state index is -0.427. The van der Waals surface area contributed by atoms with Gasteiger partial charge in [-0.1, -0.05) is 31.2 Å². The van der Waals surface area contributed by atoms with Crippen molar-refractivity contribution in [3.63, 3.8) is 0 Å². The summed E-state index contributed by atoms with van der Waals surface area (Å²) in [6, 6.07) is 18.6. The molecule has 1 saturated heterocycles. The number of anilines is 1. The van der Waals surface area contributed by atoms with E-state index in [0.29, 0.717) is 11.3 Å². The Morgan fingerprint density at radius 3 is 2.60 bits per heavy atom. The quantitative estimate of drug-likeness (QED) is 0.146. The molecular weight excluding hydrogens is 542 g/mol. The molecule has 0 amide bonds. The Hall–Kier alpha value is -2.39. The lowest BCUT2D eigenvalue weighted by molar-refractivity contribution is 0.101. The number of aryl methyl sites for hydroxylation is 2. The molecule has 1 aliphatic heterocycles. The summed E-state index contributed by atoms with van der Waals surface area (Å²) in [6.07, 6.45) is 6.99. The predicted octanol–water partition coefficient (Wildman–Crippen LogP) is 6.39. The number of hydrogen-bond acceptors (Lipinski definition) is 7. The molecule has 2 aromatic carbocycles. The molecule has 5 nitrogen and oxygen atoms in total. The van der Waals surface area contributed by atoms with Gasteiger partial charge in [-0.05, 0) is 98.1 Å². The second-order valence-electron chi connectivity index (χ2n) is 10.4. The van der Waals surface area contributed by atoms with Crippen molar-refractivity contribution >= 4 is 35.9 Å². The first-order valence-corrected chi connectivity index (χ1v) is 15.8. The van der Waals surface area contributed by atoms with Crippen molar-refractivity contribution in [2.75, 3.05) is 30.4 Å². The SMILES string of the molecule is CC(=O)c1cc(NCC2CC(S)CN2)ccc1CCc1ccc(F)cc1.CSCCC(C)C(O)c1ccccn1. The van der Waals surface area contributed by atoms with Gasteiger partial charge in [-0.15, -0.1) is 0 Å². The number of nitrogens with zero attached hydrogens (tertiary/aromatic N) is 1. The number of halogens is 1. The van der Waals surface area contributed by atoms with Crippen LogP contribution in [-0.4, -0.2) is 52.3 Å². The molecule has 0 radical (unpaired) electrons. The van der Waals surface area contributed by atoms with Crippen LogP contribution in [0.1, 0.15) is 60.0 Å². The van der Waals surface area contributed by atoms with E-state index in [1.54, 1.807) is 25.3 Å². The van der Waals surface area contributed by atoms with Gasteiger partial charge in [-0.2, -0.15) is 24.4 Å². The third-order valence-corrected chi connectivity index (χ3v) is 8.18. The summed E-state index contributed by atoms with van der Waals surface area (Å²) in [4.78, 5) is 16.2. The van der Waals surface area contributed by atoms with Gasteiger partial charge >= 0.3 is 0 Å². The van der Waals surface area contributed by atoms with E-state index in [9.17, 15) is 14.3 Å². The van der Waals surface area contributed by atoms with Gasteiger partial charge < -0.3 is 15.7 Å². The van der Waals surface area contributed by atoms with Crippen molar-refractivity contribution in [1.29, 1.82) is 0 Å². The molecule has 8 heteroatoms. The first-order valence-electron chi connectivity index (χ1n) is 13.9. The Morgan fingerprint density at radius 1 is 1.20 bits per heavy atom. The van der Waals surface area contributed by atoms with Gasteiger partial charge in [0.15, 0.2) is 5.78 Å². The molecule has 0 spiro atoms. The number of carbonyl (C=O) groups is 1. The highest BCUT2D eigenvalue weighted by molar-refractivity contribution is 7.98. The molecular formula is C32H42FN3O2S2. The van der Waals surface area contributed by atoms with Crippen LogP contribution in [-0.2, 0) is 12.8 Å². The average molecular weight is 584 g/mol. The zero-order chi connectivity index (χ0) is 28.9. The summed E-state index contributed by atoms with van der Waals surface area (Å²) < 4.78 is 13.0. The van der Waals surface area contributed by atoms with Crippen LogP contribution in [0.25, 0.3) is 0 Å². The number of ketones is 1. The highest BCUT2D eigenvalue weighted by Gasteiger charge is 2.21. The van der Waals surface area contributed by atoms with E-state index >= 15 is 0 Å². The number of thiol groups is 1. The van der Waals surface area contributed by atoms with Crippen molar-refractivity contribution in [3.05, 3.63) is 95.1 Å². The van der Waals surface area contributed by atoms with Gasteiger partial charge in [0.05, 0.1) is 11.8 Å². The molecule has 0 saturated carbocycles. The molecule has 0 aliphatic carbocycles. The largest absolute Gasteiger partial charge is 0.387 e. The molecule has 2 heterocycles. The monoisotopic (exact) mass is 583 g/mol. The lowest BCUT2D eigenvalue weighted by Gasteiger charge is -2.17. The summed E-state index contributed by atoms with van der Waals surface area (Å²) in [7, 11) is 0. The normalized spacial score (nSPS) is 17.9. The fourth-order valence-corrected chi connectivity index (χ4v) is 5.63. The highest BCUT2D eigenvalue weighted by Crippen LogP contribution is 2.23. The topological polar surface area (TPSA) is 74.2 Å². The molecule has 3 aromatic rings. The molecule has 4 rings (SSSR count). The van der Waals surface area contributed by atoms with Crippen LogP contribution in [0.5, 0.6) is 0 Å². The fraction of sp³-hybridized carbons (Fsp3) is 0.438. The van der Waals surface area contributed by atoms with Gasteiger partial charge in [-0.25, -0.2) is 4.39 Å². The summed E-state index contributed by atoms with van der Waals surface area (Å²) in [6.45, 7) is 5.43. The minimum Gasteiger partial charge on any atom is -0.387 e. The summed E-state index contributed by atoms with van der Waals surface area (Å²) in [5, 5.41) is 17.2. The number of aromatic nitrogens is 1. The second-order valence-corrected chi connectivity index (χ2v) is 12.1. The van der Waals surface area contributed by atoms with Crippen LogP contribution < -0.4 is 10.6 Å². The number of benzene rings is 2. The number of thioether (sulfide) groups is 1. The first-order chi connectivity index (χ1) is 19.3. The number of pyridine rings is 1. The number of carbonyl (C=O) groups excluding carboxylic acids is 1. The maximum atomic E-state index is 13.0. The van der Waals surface area contributed by atoms with Crippen molar-refractivity contribution in [2.45, 2.75) is 56.9 Å². The van der Waals surface area contributed by atoms with E-state index in [1.807, 2.05) is 48.2 Å². The Balaban J connectivity index is 0.000000267. The number of Topliss-reactive ketones (excluding diaryl/α,β-unsaturated/α-hetero) is 1. The van der Waals surface area contributed by atoms with Crippen molar-refractivity contribution in [2.24, 2.45) is 5.92 Å². The van der Waals surface area contributed by atoms with Crippen molar-refractivity contribution in [1.82, 2.24) is 10.3 Å². The predicted molar refractivity (Wildman–Crippen MR) is 169 cm³/mol. The van der Waals surface area contributed by atoms with Gasteiger partial charge in [0.2, 0.25) is 0 Å². The zero-order valence-corrected chi connectivity index (χ0v) is 25.4. The average Bonchev–Trinajstić information content (AvgIpc) is 3.40. The minimum absolute atomic E-state index is 0.0668. The van der Waals surface area contributed by atoms with Crippen LogP contribution in [0.4, 0.5) is 10.1 Å². The number of aliphatic hydroxyl groups is 1. The van der Waals surface area contributed by atoms with Crippen LogP contribution in [0.15, 0.2) is 66.9 Å². The Morgan fingerprint density at radius 2 is 1.98 bits per heavy atom. The fourth-order valence-electron chi connectivity index (χ4n) is 4.66. The van der Waals surface area contributed by atoms with E-state index in [-0.39, 0.29) is 17.5 Å². The smallest absolute Gasteiger partial charge is 0.160 e.